The smallest absolute Gasteiger partial charge is 0.303 e. The van der Waals surface area contributed by atoms with Gasteiger partial charge in [0.15, 0.2) is 0 Å². The highest BCUT2D eigenvalue weighted by Crippen LogP contribution is 2.23. The molecule has 0 fully saturated rings. The number of oxazole rings is 1. The minimum atomic E-state index is -0.927. The van der Waals surface area contributed by atoms with E-state index >= 15 is 0 Å². The van der Waals surface area contributed by atoms with Crippen LogP contribution in [0.5, 0.6) is 5.75 Å². The number of nitrogens with zero attached hydrogens (tertiary/aromatic N) is 1. The Balaban J connectivity index is 1.43. The van der Waals surface area contributed by atoms with Crippen LogP contribution >= 0.6 is 11.6 Å². The van der Waals surface area contributed by atoms with Crippen molar-refractivity contribution in [3.8, 4) is 17.2 Å². The molecule has 0 unspecified atom stereocenters. The summed E-state index contributed by atoms with van der Waals surface area (Å²) in [6, 6.07) is 22.0. The van der Waals surface area contributed by atoms with Crippen LogP contribution in [0.4, 0.5) is 0 Å². The van der Waals surface area contributed by atoms with Gasteiger partial charge < -0.3 is 19.6 Å². The van der Waals surface area contributed by atoms with Gasteiger partial charge in [-0.15, -0.1) is 0 Å². The molecule has 37 heavy (non-hydrogen) atoms. The zero-order valence-electron chi connectivity index (χ0n) is 20.4. The molecule has 1 heterocycles. The lowest BCUT2D eigenvalue weighted by Gasteiger charge is -2.13. The van der Waals surface area contributed by atoms with Crippen LogP contribution in [-0.2, 0) is 24.2 Å². The molecule has 0 radical (unpaired) electrons. The quantitative estimate of drug-likeness (QED) is 0.257. The van der Waals surface area contributed by atoms with Crippen LogP contribution < -0.4 is 10.1 Å². The second-order valence-corrected chi connectivity index (χ2v) is 8.95. The lowest BCUT2D eigenvalue weighted by molar-refractivity contribution is -0.136. The zero-order chi connectivity index (χ0) is 26.2. The van der Waals surface area contributed by atoms with Crippen molar-refractivity contribution < 1.29 is 23.8 Å². The first kappa shape index (κ1) is 26.0. The third kappa shape index (κ3) is 7.21. The summed E-state index contributed by atoms with van der Waals surface area (Å²) in [5.74, 6) is 0.563. The third-order valence-electron chi connectivity index (χ3n) is 5.80. The van der Waals surface area contributed by atoms with E-state index in [1.165, 1.54) is 0 Å². The highest BCUT2D eigenvalue weighted by molar-refractivity contribution is 6.30. The first-order valence-electron chi connectivity index (χ1n) is 11.9. The SMILES string of the molecule is Cc1oc(-c2ccccc2)nc1CCOc1ccc(CCC(=O)O)c(C(=O)NCc2cccc(Cl)c2)c1. The number of hydrogen-bond donors (Lipinski definition) is 2. The molecule has 3 aromatic carbocycles. The predicted molar refractivity (Wildman–Crippen MR) is 141 cm³/mol. The molecule has 0 aliphatic heterocycles. The Morgan fingerprint density at radius 3 is 2.59 bits per heavy atom. The molecule has 0 aliphatic carbocycles. The molecule has 4 aromatic rings. The van der Waals surface area contributed by atoms with E-state index in [9.17, 15) is 9.59 Å². The van der Waals surface area contributed by atoms with Crippen molar-refractivity contribution >= 4 is 23.5 Å². The average Bonchev–Trinajstić information content (AvgIpc) is 3.27. The molecule has 8 heteroatoms. The molecule has 4 rings (SSSR count). The standard InChI is InChI=1S/C29H27ClN2O5/c1-19-26(32-29(37-19)22-7-3-2-4-8-22)14-15-36-24-12-10-21(11-13-27(33)34)25(17-24)28(35)31-18-20-6-5-9-23(30)16-20/h2-10,12,16-17H,11,13-15,18H2,1H3,(H,31,35)(H,33,34). The molecule has 190 valence electrons. The maximum absolute atomic E-state index is 13.0. The van der Waals surface area contributed by atoms with Gasteiger partial charge in [-0.1, -0.05) is 48.0 Å². The molecule has 1 aromatic heterocycles. The number of ether oxygens (including phenoxy) is 1. The summed E-state index contributed by atoms with van der Waals surface area (Å²) in [6.07, 6.45) is 0.680. The van der Waals surface area contributed by atoms with Gasteiger partial charge in [0.25, 0.3) is 5.91 Å². The highest BCUT2D eigenvalue weighted by Gasteiger charge is 2.15. The topological polar surface area (TPSA) is 102 Å². The molecular weight excluding hydrogens is 492 g/mol. The predicted octanol–water partition coefficient (Wildman–Crippen LogP) is 5.87. The number of aromatic nitrogens is 1. The third-order valence-corrected chi connectivity index (χ3v) is 6.03. The fourth-order valence-electron chi connectivity index (χ4n) is 3.87. The number of halogens is 1. The number of rotatable bonds is 11. The zero-order valence-corrected chi connectivity index (χ0v) is 21.1. The van der Waals surface area contributed by atoms with E-state index in [1.54, 1.807) is 30.3 Å². The Kier molecular flexibility index (Phi) is 8.59. The summed E-state index contributed by atoms with van der Waals surface area (Å²) in [7, 11) is 0. The lowest BCUT2D eigenvalue weighted by Crippen LogP contribution is -2.24. The average molecular weight is 519 g/mol. The van der Waals surface area contributed by atoms with Crippen molar-refractivity contribution in [3.05, 3.63) is 106 Å². The van der Waals surface area contributed by atoms with E-state index in [0.717, 1.165) is 22.6 Å². The van der Waals surface area contributed by atoms with Crippen molar-refractivity contribution in [1.82, 2.24) is 10.3 Å². The summed E-state index contributed by atoms with van der Waals surface area (Å²) in [6.45, 7) is 2.49. The fourth-order valence-corrected chi connectivity index (χ4v) is 4.08. The summed E-state index contributed by atoms with van der Waals surface area (Å²) >= 11 is 6.03. The molecule has 2 N–H and O–H groups in total. The van der Waals surface area contributed by atoms with Gasteiger partial charge in [0.1, 0.15) is 11.5 Å². The number of carbonyl (C=O) groups is 2. The molecule has 0 saturated carbocycles. The second-order valence-electron chi connectivity index (χ2n) is 8.51. The molecule has 1 amide bonds. The van der Waals surface area contributed by atoms with Crippen LogP contribution in [0, 0.1) is 6.92 Å². The number of carboxylic acids is 1. The number of carbonyl (C=O) groups excluding carboxylic acids is 1. The molecular formula is C29H27ClN2O5. The molecule has 0 spiro atoms. The van der Waals surface area contributed by atoms with Crippen LogP contribution in [0.25, 0.3) is 11.5 Å². The number of nitrogens with one attached hydrogen (secondary N) is 1. The van der Waals surface area contributed by atoms with Crippen LogP contribution in [0.1, 0.15) is 39.4 Å². The number of carboxylic acid groups (broad SMARTS) is 1. The Labute approximate surface area is 220 Å². The van der Waals surface area contributed by atoms with Crippen LogP contribution in [-0.4, -0.2) is 28.6 Å². The second kappa shape index (κ2) is 12.2. The van der Waals surface area contributed by atoms with Gasteiger partial charge in [0.2, 0.25) is 5.89 Å². The van der Waals surface area contributed by atoms with Crippen LogP contribution in [0.3, 0.4) is 0 Å². The molecule has 0 atom stereocenters. The largest absolute Gasteiger partial charge is 0.493 e. The lowest BCUT2D eigenvalue weighted by atomic mass is 10.0. The summed E-state index contributed by atoms with van der Waals surface area (Å²) < 4.78 is 11.7. The van der Waals surface area contributed by atoms with Gasteiger partial charge in [0, 0.05) is 35.5 Å². The minimum Gasteiger partial charge on any atom is -0.493 e. The molecule has 0 aliphatic rings. The Morgan fingerprint density at radius 2 is 1.84 bits per heavy atom. The molecule has 0 bridgehead atoms. The van der Waals surface area contributed by atoms with Crippen LogP contribution in [0.2, 0.25) is 5.02 Å². The Bertz CT molecular complexity index is 1380. The van der Waals surface area contributed by atoms with Crippen molar-refractivity contribution in [2.45, 2.75) is 32.7 Å². The minimum absolute atomic E-state index is 0.0794. The normalized spacial score (nSPS) is 10.8. The molecule has 0 saturated heterocycles. The highest BCUT2D eigenvalue weighted by atomic mass is 35.5. The Hall–Kier alpha value is -4.10. The van der Waals surface area contributed by atoms with E-state index in [2.05, 4.69) is 10.3 Å². The van der Waals surface area contributed by atoms with E-state index < -0.39 is 5.97 Å². The maximum atomic E-state index is 13.0. The van der Waals surface area contributed by atoms with Crippen LogP contribution in [0.15, 0.2) is 77.2 Å². The van der Waals surface area contributed by atoms with Gasteiger partial charge in [-0.2, -0.15) is 0 Å². The first-order chi connectivity index (χ1) is 17.9. The van der Waals surface area contributed by atoms with Gasteiger partial charge in [-0.25, -0.2) is 4.98 Å². The van der Waals surface area contributed by atoms with Crippen molar-refractivity contribution in [2.75, 3.05) is 6.61 Å². The van der Waals surface area contributed by atoms with Gasteiger partial charge in [0.05, 0.1) is 12.3 Å². The first-order valence-corrected chi connectivity index (χ1v) is 12.3. The maximum Gasteiger partial charge on any atom is 0.303 e. The monoisotopic (exact) mass is 518 g/mol. The van der Waals surface area contributed by atoms with E-state index in [1.807, 2.05) is 49.4 Å². The van der Waals surface area contributed by atoms with Gasteiger partial charge in [-0.3, -0.25) is 9.59 Å². The number of amides is 1. The fraction of sp³-hybridized carbons (Fsp3) is 0.207. The van der Waals surface area contributed by atoms with Gasteiger partial charge in [-0.05, 0) is 60.9 Å². The van der Waals surface area contributed by atoms with Crippen molar-refractivity contribution in [1.29, 1.82) is 0 Å². The number of benzene rings is 3. The summed E-state index contributed by atoms with van der Waals surface area (Å²) in [5, 5.41) is 12.6. The van der Waals surface area contributed by atoms with Gasteiger partial charge >= 0.3 is 5.97 Å². The summed E-state index contributed by atoms with van der Waals surface area (Å²) in [5.41, 5.74) is 3.58. The Morgan fingerprint density at radius 1 is 1.03 bits per heavy atom. The van der Waals surface area contributed by atoms with Crippen molar-refractivity contribution in [2.24, 2.45) is 0 Å². The van der Waals surface area contributed by atoms with E-state index in [0.29, 0.717) is 40.8 Å². The number of aryl methyl sites for hydroxylation is 2. The van der Waals surface area contributed by atoms with E-state index in [4.69, 9.17) is 25.9 Å². The summed E-state index contributed by atoms with van der Waals surface area (Å²) in [4.78, 5) is 28.7. The van der Waals surface area contributed by atoms with Crippen molar-refractivity contribution in [3.63, 3.8) is 0 Å². The molecule has 7 nitrogen and oxygen atoms in total. The number of hydrogen-bond acceptors (Lipinski definition) is 5. The van der Waals surface area contributed by atoms with E-state index in [-0.39, 0.29) is 25.3 Å². The number of aliphatic carboxylic acids is 1.